The fraction of sp³-hybridized carbons (Fsp3) is 1.00. The fourth-order valence-corrected chi connectivity index (χ4v) is 1.37. The van der Waals surface area contributed by atoms with Crippen molar-refractivity contribution >= 4 is 0 Å². The Labute approximate surface area is 80.2 Å². The third kappa shape index (κ3) is 5.21. The molecule has 1 heterocycles. The Hall–Kier alpha value is -0.160. The van der Waals surface area contributed by atoms with Crippen LogP contribution in [0, 0.1) is 0 Å². The Balaban J connectivity index is 1.86. The molecule has 1 rings (SSSR count). The van der Waals surface area contributed by atoms with Crippen LogP contribution in [0.1, 0.15) is 0 Å². The van der Waals surface area contributed by atoms with Gasteiger partial charge in [-0.15, -0.1) is 0 Å². The summed E-state index contributed by atoms with van der Waals surface area (Å²) in [5.74, 6) is 0. The van der Waals surface area contributed by atoms with Crippen LogP contribution in [-0.4, -0.2) is 64.6 Å². The van der Waals surface area contributed by atoms with Gasteiger partial charge < -0.3 is 14.8 Å². The maximum atomic E-state index is 5.39. The van der Waals surface area contributed by atoms with Crippen LogP contribution in [-0.2, 0) is 9.47 Å². The van der Waals surface area contributed by atoms with Gasteiger partial charge in [-0.2, -0.15) is 0 Å². The van der Waals surface area contributed by atoms with Crippen LogP contribution in [0.15, 0.2) is 0 Å². The summed E-state index contributed by atoms with van der Waals surface area (Å²) in [4.78, 5) is 2.42. The van der Waals surface area contributed by atoms with Gasteiger partial charge in [0.05, 0.1) is 19.8 Å². The molecule has 0 saturated carbocycles. The minimum atomic E-state index is 0.696. The van der Waals surface area contributed by atoms with Crippen molar-refractivity contribution in [2.45, 2.75) is 0 Å². The molecule has 1 saturated heterocycles. The van der Waals surface area contributed by atoms with E-state index in [1.54, 1.807) is 7.11 Å². The van der Waals surface area contributed by atoms with Crippen LogP contribution < -0.4 is 5.32 Å². The molecular weight excluding hydrogens is 168 g/mol. The highest BCUT2D eigenvalue weighted by molar-refractivity contribution is 4.66. The maximum absolute atomic E-state index is 5.39. The summed E-state index contributed by atoms with van der Waals surface area (Å²) in [6.45, 7) is 7.79. The molecule has 0 atom stereocenters. The molecule has 0 aromatic rings. The number of nitrogens with zero attached hydrogens (tertiary/aromatic N) is 1. The van der Waals surface area contributed by atoms with E-state index in [4.69, 9.17) is 9.47 Å². The van der Waals surface area contributed by atoms with Crippen molar-refractivity contribution in [2.24, 2.45) is 0 Å². The average Bonchev–Trinajstić information content (AvgIpc) is 2.19. The SMILES string of the molecule is COCCOCCN1CCNCC1. The first-order valence-corrected chi connectivity index (χ1v) is 4.93. The molecule has 1 N–H and O–H groups in total. The van der Waals surface area contributed by atoms with Gasteiger partial charge in [-0.25, -0.2) is 0 Å². The van der Waals surface area contributed by atoms with Gasteiger partial charge >= 0.3 is 0 Å². The molecule has 1 fully saturated rings. The van der Waals surface area contributed by atoms with Crippen LogP contribution in [0.3, 0.4) is 0 Å². The highest BCUT2D eigenvalue weighted by Crippen LogP contribution is 1.91. The molecule has 0 unspecified atom stereocenters. The molecule has 0 radical (unpaired) electrons. The highest BCUT2D eigenvalue weighted by atomic mass is 16.5. The molecule has 0 aromatic heterocycles. The summed E-state index contributed by atoms with van der Waals surface area (Å²) in [6.07, 6.45) is 0. The molecule has 0 aliphatic carbocycles. The van der Waals surface area contributed by atoms with E-state index in [0.29, 0.717) is 13.2 Å². The van der Waals surface area contributed by atoms with Crippen molar-refractivity contribution in [3.63, 3.8) is 0 Å². The molecule has 0 aromatic carbocycles. The lowest BCUT2D eigenvalue weighted by atomic mass is 10.4. The van der Waals surface area contributed by atoms with Crippen LogP contribution >= 0.6 is 0 Å². The smallest absolute Gasteiger partial charge is 0.0700 e. The normalized spacial score (nSPS) is 19.2. The second-order valence-electron chi connectivity index (χ2n) is 3.20. The molecule has 0 bridgehead atoms. The zero-order valence-corrected chi connectivity index (χ0v) is 8.42. The molecule has 4 nitrogen and oxygen atoms in total. The largest absolute Gasteiger partial charge is 0.382 e. The van der Waals surface area contributed by atoms with E-state index in [0.717, 1.165) is 39.3 Å². The average molecular weight is 188 g/mol. The number of hydrogen-bond donors (Lipinski definition) is 1. The van der Waals surface area contributed by atoms with Gasteiger partial charge in [-0.1, -0.05) is 0 Å². The van der Waals surface area contributed by atoms with E-state index < -0.39 is 0 Å². The lowest BCUT2D eigenvalue weighted by Crippen LogP contribution is -2.44. The Morgan fingerprint density at radius 1 is 1.15 bits per heavy atom. The lowest BCUT2D eigenvalue weighted by Gasteiger charge is -2.26. The topological polar surface area (TPSA) is 33.7 Å². The molecule has 1 aliphatic heterocycles. The van der Waals surface area contributed by atoms with Gasteiger partial charge in [0.2, 0.25) is 0 Å². The van der Waals surface area contributed by atoms with Crippen molar-refractivity contribution in [1.82, 2.24) is 10.2 Å². The van der Waals surface area contributed by atoms with E-state index in [1.807, 2.05) is 0 Å². The van der Waals surface area contributed by atoms with E-state index >= 15 is 0 Å². The van der Waals surface area contributed by atoms with Crippen LogP contribution in [0.25, 0.3) is 0 Å². The second kappa shape index (κ2) is 7.26. The van der Waals surface area contributed by atoms with Crippen molar-refractivity contribution in [2.75, 3.05) is 59.7 Å². The van der Waals surface area contributed by atoms with E-state index in [1.165, 1.54) is 0 Å². The Bertz CT molecular complexity index is 116. The predicted octanol–water partition coefficient (Wildman–Crippen LogP) is -0.445. The van der Waals surface area contributed by atoms with E-state index in [9.17, 15) is 0 Å². The monoisotopic (exact) mass is 188 g/mol. The summed E-state index contributed by atoms with van der Waals surface area (Å²) >= 11 is 0. The molecule has 13 heavy (non-hydrogen) atoms. The number of hydrogen-bond acceptors (Lipinski definition) is 4. The van der Waals surface area contributed by atoms with Gasteiger partial charge in [0.15, 0.2) is 0 Å². The Morgan fingerprint density at radius 2 is 1.92 bits per heavy atom. The van der Waals surface area contributed by atoms with Crippen molar-refractivity contribution in [1.29, 1.82) is 0 Å². The Kier molecular flexibility index (Phi) is 6.10. The zero-order valence-electron chi connectivity index (χ0n) is 8.42. The molecule has 78 valence electrons. The maximum Gasteiger partial charge on any atom is 0.0700 e. The highest BCUT2D eigenvalue weighted by Gasteiger charge is 2.07. The summed E-state index contributed by atoms with van der Waals surface area (Å²) in [6, 6.07) is 0. The number of methoxy groups -OCH3 is 1. The molecule has 0 amide bonds. The third-order valence-corrected chi connectivity index (χ3v) is 2.19. The minimum absolute atomic E-state index is 0.696. The fourth-order valence-electron chi connectivity index (χ4n) is 1.37. The van der Waals surface area contributed by atoms with Crippen LogP contribution in [0.5, 0.6) is 0 Å². The quantitative estimate of drug-likeness (QED) is 0.573. The number of ether oxygens (including phenoxy) is 2. The second-order valence-corrected chi connectivity index (χ2v) is 3.20. The molecular formula is C9H20N2O2. The first-order chi connectivity index (χ1) is 6.43. The van der Waals surface area contributed by atoms with Crippen LogP contribution in [0.4, 0.5) is 0 Å². The summed E-state index contributed by atoms with van der Waals surface area (Å²) < 4.78 is 10.3. The lowest BCUT2D eigenvalue weighted by molar-refractivity contribution is 0.0554. The van der Waals surface area contributed by atoms with E-state index in [2.05, 4.69) is 10.2 Å². The number of nitrogens with one attached hydrogen (secondary N) is 1. The standard InChI is InChI=1S/C9H20N2O2/c1-12-8-9-13-7-6-11-4-2-10-3-5-11/h10H,2-9H2,1H3. The van der Waals surface area contributed by atoms with Gasteiger partial charge in [-0.05, 0) is 0 Å². The minimum Gasteiger partial charge on any atom is -0.382 e. The molecule has 4 heteroatoms. The summed E-state index contributed by atoms with van der Waals surface area (Å²) in [5.41, 5.74) is 0. The number of piperazine rings is 1. The molecule has 1 aliphatic rings. The van der Waals surface area contributed by atoms with E-state index in [-0.39, 0.29) is 0 Å². The predicted molar refractivity (Wildman–Crippen MR) is 52.0 cm³/mol. The summed E-state index contributed by atoms with van der Waals surface area (Å²) in [7, 11) is 1.69. The van der Waals surface area contributed by atoms with Crippen molar-refractivity contribution in [3.05, 3.63) is 0 Å². The summed E-state index contributed by atoms with van der Waals surface area (Å²) in [5, 5.41) is 3.32. The third-order valence-electron chi connectivity index (χ3n) is 2.19. The molecule has 0 spiro atoms. The van der Waals surface area contributed by atoms with Gasteiger partial charge in [0.25, 0.3) is 0 Å². The van der Waals surface area contributed by atoms with Gasteiger partial charge in [0, 0.05) is 39.8 Å². The number of rotatable bonds is 6. The van der Waals surface area contributed by atoms with Crippen molar-refractivity contribution < 1.29 is 9.47 Å². The first kappa shape index (κ1) is 10.9. The van der Waals surface area contributed by atoms with Crippen molar-refractivity contribution in [3.8, 4) is 0 Å². The first-order valence-electron chi connectivity index (χ1n) is 4.93. The van der Waals surface area contributed by atoms with Gasteiger partial charge in [-0.3, -0.25) is 4.90 Å². The van der Waals surface area contributed by atoms with Crippen LogP contribution in [0.2, 0.25) is 0 Å². The Morgan fingerprint density at radius 3 is 2.62 bits per heavy atom. The van der Waals surface area contributed by atoms with Gasteiger partial charge in [0.1, 0.15) is 0 Å². The zero-order chi connectivity index (χ0) is 9.36.